The van der Waals surface area contributed by atoms with E-state index in [1.807, 2.05) is 19.1 Å². The second-order valence-corrected chi connectivity index (χ2v) is 10.7. The van der Waals surface area contributed by atoms with Crippen LogP contribution in [0.3, 0.4) is 0 Å². The van der Waals surface area contributed by atoms with Crippen molar-refractivity contribution in [1.29, 1.82) is 0 Å². The normalized spacial score (nSPS) is 25.9. The van der Waals surface area contributed by atoms with E-state index in [4.69, 9.17) is 0 Å². The molecule has 32 heavy (non-hydrogen) atoms. The number of carbonyl (C=O) groups is 1. The maximum absolute atomic E-state index is 14.5. The summed E-state index contributed by atoms with van der Waals surface area (Å²) in [6, 6.07) is 10.6. The van der Waals surface area contributed by atoms with Gasteiger partial charge in [0.25, 0.3) is 0 Å². The van der Waals surface area contributed by atoms with Crippen LogP contribution in [0.5, 0.6) is 0 Å². The van der Waals surface area contributed by atoms with Crippen LogP contribution in [0.15, 0.2) is 42.5 Å². The summed E-state index contributed by atoms with van der Waals surface area (Å²) < 4.78 is 55.0. The lowest BCUT2D eigenvalue weighted by Crippen LogP contribution is -2.45. The van der Waals surface area contributed by atoms with Gasteiger partial charge in [0.2, 0.25) is 15.9 Å². The first-order valence-corrected chi connectivity index (χ1v) is 12.9. The number of nitrogens with one attached hydrogen (secondary N) is 1. The molecule has 4 atom stereocenters. The van der Waals surface area contributed by atoms with Crippen LogP contribution in [0.4, 0.5) is 8.78 Å². The summed E-state index contributed by atoms with van der Waals surface area (Å²) in [6.07, 6.45) is 3.48. The molecule has 2 aromatic rings. The van der Waals surface area contributed by atoms with Crippen molar-refractivity contribution in [1.82, 2.24) is 9.62 Å². The molecule has 1 heterocycles. The monoisotopic (exact) mass is 462 g/mol. The predicted molar refractivity (Wildman–Crippen MR) is 119 cm³/mol. The zero-order valence-corrected chi connectivity index (χ0v) is 19.0. The highest BCUT2D eigenvalue weighted by Gasteiger charge is 2.54. The number of hydrogen-bond donors (Lipinski definition) is 1. The van der Waals surface area contributed by atoms with Crippen LogP contribution in [-0.2, 0) is 14.8 Å². The molecule has 1 saturated heterocycles. The highest BCUT2D eigenvalue weighted by atomic mass is 32.2. The molecule has 0 unspecified atom stereocenters. The van der Waals surface area contributed by atoms with E-state index < -0.39 is 21.7 Å². The number of rotatable bonds is 5. The van der Waals surface area contributed by atoms with E-state index in [-0.39, 0.29) is 35.3 Å². The van der Waals surface area contributed by atoms with E-state index in [0.717, 1.165) is 24.7 Å². The summed E-state index contributed by atoms with van der Waals surface area (Å²) in [7, 11) is -3.36. The first-order chi connectivity index (χ1) is 15.2. The molecule has 172 valence electrons. The average Bonchev–Trinajstić information content (AvgIpc) is 3.44. The largest absolute Gasteiger partial charge is 0.341 e. The number of halogens is 2. The van der Waals surface area contributed by atoms with Crippen LogP contribution in [0.1, 0.15) is 37.7 Å². The number of likely N-dealkylation sites (tertiary alicyclic amines) is 1. The minimum atomic E-state index is -3.36. The second-order valence-electron chi connectivity index (χ2n) is 8.96. The van der Waals surface area contributed by atoms with E-state index >= 15 is 0 Å². The summed E-state index contributed by atoms with van der Waals surface area (Å²) in [4.78, 5) is 15.2. The first kappa shape index (κ1) is 22.9. The smallest absolute Gasteiger partial charge is 0.226 e. The number of sulfonamides is 1. The van der Waals surface area contributed by atoms with Crippen LogP contribution in [0.25, 0.3) is 11.1 Å². The lowest BCUT2D eigenvalue weighted by molar-refractivity contribution is -0.133. The standard InChI is InChI=1S/C24H28F2N2O3S/c1-15-21(17-9-3-4-10-18(17)23-19(25)11-7-12-20(23)26)22(15)24(29)28-13-6-5-8-16(14-28)27-32(2,30)31/h3-4,7,9-12,15-16,21-22,27H,5-6,8,13-14H2,1-2H3/t15-,16-,21-,22+/m0/s1. The molecular weight excluding hydrogens is 434 g/mol. The number of benzene rings is 2. The molecule has 1 aliphatic carbocycles. The number of nitrogens with zero attached hydrogens (tertiary/aromatic N) is 1. The van der Waals surface area contributed by atoms with E-state index in [1.165, 1.54) is 18.2 Å². The predicted octanol–water partition coefficient (Wildman–Crippen LogP) is 3.91. The lowest BCUT2D eigenvalue weighted by Gasteiger charge is -2.25. The Morgan fingerprint density at radius 3 is 2.44 bits per heavy atom. The van der Waals surface area contributed by atoms with Gasteiger partial charge in [-0.15, -0.1) is 0 Å². The van der Waals surface area contributed by atoms with E-state index in [1.54, 1.807) is 17.0 Å². The lowest BCUT2D eigenvalue weighted by atomic mass is 9.94. The number of hydrogen-bond acceptors (Lipinski definition) is 3. The molecule has 1 aliphatic heterocycles. The Balaban J connectivity index is 1.58. The zero-order chi connectivity index (χ0) is 23.0. The van der Waals surface area contributed by atoms with Gasteiger partial charge < -0.3 is 4.90 Å². The molecule has 0 aromatic heterocycles. The SMILES string of the molecule is C[C@@H]1[C@@H](C(=O)N2CCCC[C@H](NS(C)(=O)=O)C2)[C@@H]1c1ccccc1-c1c(F)cccc1F. The molecule has 2 fully saturated rings. The Hall–Kier alpha value is -2.32. The molecule has 1 N–H and O–H groups in total. The van der Waals surface area contributed by atoms with Crippen molar-refractivity contribution >= 4 is 15.9 Å². The van der Waals surface area contributed by atoms with Gasteiger partial charge in [-0.05, 0) is 47.9 Å². The Labute approximate surface area is 187 Å². The zero-order valence-electron chi connectivity index (χ0n) is 18.2. The van der Waals surface area contributed by atoms with Crippen molar-refractivity contribution in [2.75, 3.05) is 19.3 Å². The van der Waals surface area contributed by atoms with Crippen molar-refractivity contribution in [2.24, 2.45) is 11.8 Å². The minimum Gasteiger partial charge on any atom is -0.341 e. The second kappa shape index (κ2) is 8.90. The average molecular weight is 463 g/mol. The molecule has 2 aliphatic rings. The van der Waals surface area contributed by atoms with Gasteiger partial charge in [0.05, 0.1) is 11.8 Å². The van der Waals surface area contributed by atoms with Gasteiger partial charge in [-0.2, -0.15) is 0 Å². The first-order valence-electron chi connectivity index (χ1n) is 11.0. The van der Waals surface area contributed by atoms with Crippen molar-refractivity contribution in [3.8, 4) is 11.1 Å². The van der Waals surface area contributed by atoms with Gasteiger partial charge in [0.15, 0.2) is 0 Å². The summed E-state index contributed by atoms with van der Waals surface area (Å²) in [6.45, 7) is 2.90. The molecule has 0 radical (unpaired) electrons. The highest BCUT2D eigenvalue weighted by Crippen LogP contribution is 2.56. The minimum absolute atomic E-state index is 0.0199. The van der Waals surface area contributed by atoms with Crippen LogP contribution < -0.4 is 4.72 Å². The van der Waals surface area contributed by atoms with E-state index in [9.17, 15) is 22.0 Å². The van der Waals surface area contributed by atoms with Gasteiger partial charge in [-0.25, -0.2) is 21.9 Å². The third-order valence-corrected chi connectivity index (χ3v) is 7.34. The van der Waals surface area contributed by atoms with Crippen LogP contribution in [-0.4, -0.2) is 44.6 Å². The summed E-state index contributed by atoms with van der Waals surface area (Å²) >= 11 is 0. The summed E-state index contributed by atoms with van der Waals surface area (Å²) in [5.41, 5.74) is 1.17. The number of amides is 1. The van der Waals surface area contributed by atoms with Crippen molar-refractivity contribution in [3.05, 3.63) is 59.7 Å². The summed E-state index contributed by atoms with van der Waals surface area (Å²) in [5.74, 6) is -1.67. The Bertz CT molecular complexity index is 1100. The fourth-order valence-corrected chi connectivity index (χ4v) is 5.84. The molecule has 8 heteroatoms. The Morgan fingerprint density at radius 1 is 1.06 bits per heavy atom. The summed E-state index contributed by atoms with van der Waals surface area (Å²) in [5, 5.41) is 0. The van der Waals surface area contributed by atoms with Crippen LogP contribution in [0.2, 0.25) is 0 Å². The van der Waals surface area contributed by atoms with E-state index in [0.29, 0.717) is 25.1 Å². The fourth-order valence-electron chi connectivity index (χ4n) is 5.04. The number of carbonyl (C=O) groups excluding carboxylic acids is 1. The molecule has 2 aromatic carbocycles. The van der Waals surface area contributed by atoms with Gasteiger partial charge >= 0.3 is 0 Å². The van der Waals surface area contributed by atoms with Gasteiger partial charge in [0.1, 0.15) is 11.6 Å². The quantitative estimate of drug-likeness (QED) is 0.733. The van der Waals surface area contributed by atoms with Crippen LogP contribution >= 0.6 is 0 Å². The maximum atomic E-state index is 14.5. The van der Waals surface area contributed by atoms with Gasteiger partial charge in [-0.1, -0.05) is 43.7 Å². The topological polar surface area (TPSA) is 66.5 Å². The third-order valence-electron chi connectivity index (χ3n) is 6.58. The molecule has 4 rings (SSSR count). The Morgan fingerprint density at radius 2 is 1.75 bits per heavy atom. The molecule has 1 amide bonds. The van der Waals surface area contributed by atoms with Crippen molar-refractivity contribution in [3.63, 3.8) is 0 Å². The fraction of sp³-hybridized carbons (Fsp3) is 0.458. The Kier molecular flexibility index (Phi) is 6.36. The molecule has 0 bridgehead atoms. The van der Waals surface area contributed by atoms with E-state index in [2.05, 4.69) is 4.72 Å². The highest BCUT2D eigenvalue weighted by molar-refractivity contribution is 7.88. The van der Waals surface area contributed by atoms with Gasteiger partial charge in [0, 0.05) is 25.0 Å². The van der Waals surface area contributed by atoms with Gasteiger partial charge in [-0.3, -0.25) is 4.79 Å². The van der Waals surface area contributed by atoms with Crippen LogP contribution in [0, 0.1) is 23.5 Å². The van der Waals surface area contributed by atoms with Crippen molar-refractivity contribution in [2.45, 2.75) is 38.1 Å². The molecule has 1 saturated carbocycles. The third kappa shape index (κ3) is 4.71. The maximum Gasteiger partial charge on any atom is 0.226 e. The molecular formula is C24H28F2N2O3S. The molecule has 5 nitrogen and oxygen atoms in total. The molecule has 0 spiro atoms. The van der Waals surface area contributed by atoms with Crippen molar-refractivity contribution < 1.29 is 22.0 Å².